The number of aryl methyl sites for hydroxylation is 2. The minimum Gasteiger partial charge on any atom is -0.325 e. The van der Waals surface area contributed by atoms with Crippen LogP contribution in [0.2, 0.25) is 0 Å². The van der Waals surface area contributed by atoms with Gasteiger partial charge in [-0.25, -0.2) is 0 Å². The van der Waals surface area contributed by atoms with Gasteiger partial charge in [0.25, 0.3) is 0 Å². The molecule has 6 heteroatoms. The molecule has 0 saturated heterocycles. The van der Waals surface area contributed by atoms with Gasteiger partial charge in [-0.15, -0.1) is 10.2 Å². The van der Waals surface area contributed by atoms with Gasteiger partial charge in [0.15, 0.2) is 11.0 Å². The third-order valence-corrected chi connectivity index (χ3v) is 5.64. The smallest absolute Gasteiger partial charge is 0.234 e. The Morgan fingerprint density at radius 2 is 1.60 bits per heavy atom. The molecule has 1 amide bonds. The van der Waals surface area contributed by atoms with Crippen molar-refractivity contribution in [3.63, 3.8) is 0 Å². The molecule has 150 valence electrons. The van der Waals surface area contributed by atoms with Gasteiger partial charge in [-0.1, -0.05) is 78.0 Å². The standard InChI is InChI=1S/C24H22N4OS/c1-17-12-14-20(15-13-17)28-23(19-9-4-3-5-10-19)26-27-24(28)30-16-22(29)25-21-11-7-6-8-18(21)2/h3-15H,16H2,1-2H3,(H,25,29). The van der Waals surface area contributed by atoms with E-state index in [0.29, 0.717) is 5.16 Å². The van der Waals surface area contributed by atoms with Crippen LogP contribution in [0.5, 0.6) is 0 Å². The molecule has 5 nitrogen and oxygen atoms in total. The lowest BCUT2D eigenvalue weighted by molar-refractivity contribution is -0.113. The first-order valence-electron chi connectivity index (χ1n) is 9.68. The van der Waals surface area contributed by atoms with Crippen molar-refractivity contribution in [2.45, 2.75) is 19.0 Å². The van der Waals surface area contributed by atoms with Crippen LogP contribution in [0.4, 0.5) is 5.69 Å². The highest BCUT2D eigenvalue weighted by atomic mass is 32.2. The van der Waals surface area contributed by atoms with Crippen molar-refractivity contribution in [2.75, 3.05) is 11.1 Å². The highest BCUT2D eigenvalue weighted by Gasteiger charge is 2.17. The molecule has 4 aromatic rings. The zero-order valence-corrected chi connectivity index (χ0v) is 17.7. The maximum Gasteiger partial charge on any atom is 0.234 e. The number of carbonyl (C=O) groups excluding carboxylic acids is 1. The predicted octanol–water partition coefficient (Wildman–Crippen LogP) is 5.28. The Hall–Kier alpha value is -3.38. The van der Waals surface area contributed by atoms with Gasteiger partial charge in [0.1, 0.15) is 0 Å². The van der Waals surface area contributed by atoms with E-state index in [1.54, 1.807) is 0 Å². The van der Waals surface area contributed by atoms with Crippen LogP contribution in [0.15, 0.2) is 84.0 Å². The van der Waals surface area contributed by atoms with Gasteiger partial charge in [0.2, 0.25) is 5.91 Å². The van der Waals surface area contributed by atoms with Crippen LogP contribution in [0.25, 0.3) is 17.1 Å². The van der Waals surface area contributed by atoms with Crippen LogP contribution in [0.3, 0.4) is 0 Å². The first-order valence-corrected chi connectivity index (χ1v) is 10.7. The molecule has 0 aliphatic heterocycles. The highest BCUT2D eigenvalue weighted by Crippen LogP contribution is 2.28. The molecule has 1 N–H and O–H groups in total. The molecule has 0 bridgehead atoms. The lowest BCUT2D eigenvalue weighted by atomic mass is 10.2. The number of carbonyl (C=O) groups is 1. The number of anilines is 1. The highest BCUT2D eigenvalue weighted by molar-refractivity contribution is 7.99. The van der Waals surface area contributed by atoms with Gasteiger partial charge < -0.3 is 5.32 Å². The second-order valence-electron chi connectivity index (χ2n) is 6.99. The molecule has 0 fully saturated rings. The van der Waals surface area contributed by atoms with Crippen LogP contribution in [0.1, 0.15) is 11.1 Å². The minimum absolute atomic E-state index is 0.0750. The summed E-state index contributed by atoms with van der Waals surface area (Å²) >= 11 is 1.37. The number of rotatable bonds is 6. The van der Waals surface area contributed by atoms with Gasteiger partial charge in [-0.2, -0.15) is 0 Å². The summed E-state index contributed by atoms with van der Waals surface area (Å²) < 4.78 is 2.00. The molecule has 0 saturated carbocycles. The summed E-state index contributed by atoms with van der Waals surface area (Å²) in [6, 6.07) is 25.9. The maximum atomic E-state index is 12.5. The lowest BCUT2D eigenvalue weighted by Gasteiger charge is -2.11. The maximum absolute atomic E-state index is 12.5. The van der Waals surface area contributed by atoms with Gasteiger partial charge in [-0.3, -0.25) is 9.36 Å². The summed E-state index contributed by atoms with van der Waals surface area (Å²) in [6.07, 6.45) is 0. The molecular weight excluding hydrogens is 392 g/mol. The van der Waals surface area contributed by atoms with Crippen molar-refractivity contribution in [2.24, 2.45) is 0 Å². The summed E-state index contributed by atoms with van der Waals surface area (Å²) in [7, 11) is 0. The monoisotopic (exact) mass is 414 g/mol. The molecule has 1 aromatic heterocycles. The van der Waals surface area contributed by atoms with E-state index in [4.69, 9.17) is 0 Å². The van der Waals surface area contributed by atoms with Crippen molar-refractivity contribution < 1.29 is 4.79 Å². The van der Waals surface area contributed by atoms with E-state index in [2.05, 4.69) is 34.6 Å². The Bertz CT molecular complexity index is 1150. The molecule has 0 unspecified atom stereocenters. The minimum atomic E-state index is -0.0750. The molecule has 0 aliphatic carbocycles. The Kier molecular flexibility index (Phi) is 5.95. The first kappa shape index (κ1) is 19.9. The SMILES string of the molecule is Cc1ccc(-n2c(SCC(=O)Nc3ccccc3C)nnc2-c2ccccc2)cc1. The van der Waals surface area contributed by atoms with Gasteiger partial charge in [0.05, 0.1) is 5.75 Å². The van der Waals surface area contributed by atoms with Crippen LogP contribution < -0.4 is 5.32 Å². The quantitative estimate of drug-likeness (QED) is 0.436. The number of amides is 1. The molecule has 0 aliphatic rings. The van der Waals surface area contributed by atoms with Crippen LogP contribution in [-0.2, 0) is 4.79 Å². The van der Waals surface area contributed by atoms with Crippen molar-refractivity contribution in [1.82, 2.24) is 14.8 Å². The van der Waals surface area contributed by atoms with Crippen molar-refractivity contribution in [3.8, 4) is 17.1 Å². The van der Waals surface area contributed by atoms with E-state index in [1.807, 2.05) is 78.2 Å². The Morgan fingerprint density at radius 1 is 0.900 bits per heavy atom. The number of para-hydroxylation sites is 1. The zero-order chi connectivity index (χ0) is 20.9. The van der Waals surface area contributed by atoms with E-state index in [0.717, 1.165) is 28.3 Å². The third-order valence-electron chi connectivity index (χ3n) is 4.71. The summed E-state index contributed by atoms with van der Waals surface area (Å²) in [6.45, 7) is 4.03. The number of hydrogen-bond donors (Lipinski definition) is 1. The largest absolute Gasteiger partial charge is 0.325 e. The summed E-state index contributed by atoms with van der Waals surface area (Å²) in [5.41, 5.74) is 4.98. The third kappa shape index (κ3) is 4.44. The van der Waals surface area contributed by atoms with E-state index in [1.165, 1.54) is 17.3 Å². The molecule has 30 heavy (non-hydrogen) atoms. The number of nitrogens with one attached hydrogen (secondary N) is 1. The van der Waals surface area contributed by atoms with Gasteiger partial charge >= 0.3 is 0 Å². The van der Waals surface area contributed by atoms with E-state index < -0.39 is 0 Å². The average Bonchev–Trinajstić information content (AvgIpc) is 3.19. The topological polar surface area (TPSA) is 59.8 Å². The van der Waals surface area contributed by atoms with Crippen molar-refractivity contribution in [1.29, 1.82) is 0 Å². The van der Waals surface area contributed by atoms with Crippen LogP contribution >= 0.6 is 11.8 Å². The normalized spacial score (nSPS) is 10.7. The summed E-state index contributed by atoms with van der Waals surface area (Å²) in [5.74, 6) is 0.919. The molecule has 3 aromatic carbocycles. The van der Waals surface area contributed by atoms with Crippen molar-refractivity contribution >= 4 is 23.4 Å². The summed E-state index contributed by atoms with van der Waals surface area (Å²) in [5, 5.41) is 12.5. The van der Waals surface area contributed by atoms with E-state index in [9.17, 15) is 4.79 Å². The molecule has 0 atom stereocenters. The van der Waals surface area contributed by atoms with Gasteiger partial charge in [0, 0.05) is 16.9 Å². The molecule has 0 radical (unpaired) electrons. The fourth-order valence-corrected chi connectivity index (χ4v) is 3.85. The average molecular weight is 415 g/mol. The molecule has 0 spiro atoms. The van der Waals surface area contributed by atoms with E-state index in [-0.39, 0.29) is 11.7 Å². The van der Waals surface area contributed by atoms with Crippen molar-refractivity contribution in [3.05, 3.63) is 90.0 Å². The molecule has 4 rings (SSSR count). The fourth-order valence-electron chi connectivity index (χ4n) is 3.09. The molecular formula is C24H22N4OS. The second-order valence-corrected chi connectivity index (χ2v) is 7.94. The predicted molar refractivity (Wildman–Crippen MR) is 122 cm³/mol. The summed E-state index contributed by atoms with van der Waals surface area (Å²) in [4.78, 5) is 12.5. The van der Waals surface area contributed by atoms with Crippen LogP contribution in [-0.4, -0.2) is 26.4 Å². The first-order chi connectivity index (χ1) is 14.6. The van der Waals surface area contributed by atoms with Gasteiger partial charge in [-0.05, 0) is 37.6 Å². The Morgan fingerprint density at radius 3 is 2.33 bits per heavy atom. The number of benzene rings is 3. The zero-order valence-electron chi connectivity index (χ0n) is 16.9. The number of thioether (sulfide) groups is 1. The number of hydrogen-bond acceptors (Lipinski definition) is 4. The fraction of sp³-hybridized carbons (Fsp3) is 0.125. The number of aromatic nitrogens is 3. The Labute approximate surface area is 180 Å². The Balaban J connectivity index is 1.60. The second kappa shape index (κ2) is 8.97. The number of nitrogens with zero attached hydrogens (tertiary/aromatic N) is 3. The molecule has 1 heterocycles. The van der Waals surface area contributed by atoms with Crippen LogP contribution in [0, 0.1) is 13.8 Å². The lowest BCUT2D eigenvalue weighted by Crippen LogP contribution is -2.15. The van der Waals surface area contributed by atoms with E-state index >= 15 is 0 Å².